The Labute approximate surface area is 156 Å². The van der Waals surface area contributed by atoms with Crippen LogP contribution in [0, 0.1) is 6.92 Å². The van der Waals surface area contributed by atoms with Gasteiger partial charge in [-0.05, 0) is 34.6 Å². The van der Waals surface area contributed by atoms with Crippen LogP contribution in [0.3, 0.4) is 0 Å². The monoisotopic (exact) mass is 439 g/mol. The molecule has 1 rings (SSSR count). The Bertz CT molecular complexity index is 437. The van der Waals surface area contributed by atoms with Crippen molar-refractivity contribution in [3.63, 3.8) is 0 Å². The van der Waals surface area contributed by atoms with E-state index in [2.05, 4.69) is 53.2 Å². The summed E-state index contributed by atoms with van der Waals surface area (Å²) in [6.45, 7) is 13.6. The third-order valence-corrected chi connectivity index (χ3v) is 4.41. The van der Waals surface area contributed by atoms with Crippen molar-refractivity contribution in [1.29, 1.82) is 0 Å². The SMILES string of the molecule is CN=C(NCCN(C(C)C)C(C)C)NCc1scnc1C.I. The van der Waals surface area contributed by atoms with Crippen molar-refractivity contribution in [1.82, 2.24) is 20.5 Å². The fourth-order valence-corrected chi connectivity index (χ4v) is 3.01. The fourth-order valence-electron chi connectivity index (χ4n) is 2.30. The average molecular weight is 439 g/mol. The van der Waals surface area contributed by atoms with Crippen LogP contribution in [0.2, 0.25) is 0 Å². The third-order valence-electron chi connectivity index (χ3n) is 3.47. The van der Waals surface area contributed by atoms with E-state index in [0.717, 1.165) is 31.3 Å². The van der Waals surface area contributed by atoms with Gasteiger partial charge in [0.05, 0.1) is 17.7 Å². The molecule has 0 atom stereocenters. The van der Waals surface area contributed by atoms with Crippen LogP contribution in [0.15, 0.2) is 10.5 Å². The zero-order valence-electron chi connectivity index (χ0n) is 14.5. The second-order valence-electron chi connectivity index (χ2n) is 5.64. The van der Waals surface area contributed by atoms with Crippen LogP contribution in [-0.2, 0) is 6.54 Å². The fraction of sp³-hybridized carbons (Fsp3) is 0.733. The minimum atomic E-state index is 0. The van der Waals surface area contributed by atoms with Gasteiger partial charge in [-0.1, -0.05) is 0 Å². The summed E-state index contributed by atoms with van der Waals surface area (Å²) in [6.07, 6.45) is 0. The summed E-state index contributed by atoms with van der Waals surface area (Å²) in [5.74, 6) is 0.843. The lowest BCUT2D eigenvalue weighted by atomic mass is 10.2. The Hall–Kier alpha value is -0.410. The van der Waals surface area contributed by atoms with E-state index >= 15 is 0 Å². The molecule has 0 saturated heterocycles. The van der Waals surface area contributed by atoms with E-state index in [1.54, 1.807) is 18.4 Å². The smallest absolute Gasteiger partial charge is 0.191 e. The first-order chi connectivity index (χ1) is 9.95. The Morgan fingerprint density at radius 3 is 2.36 bits per heavy atom. The van der Waals surface area contributed by atoms with E-state index in [0.29, 0.717) is 12.1 Å². The minimum absolute atomic E-state index is 0. The lowest BCUT2D eigenvalue weighted by molar-refractivity contribution is 0.178. The molecule has 0 amide bonds. The lowest BCUT2D eigenvalue weighted by Gasteiger charge is -2.30. The van der Waals surface area contributed by atoms with Crippen LogP contribution in [0.25, 0.3) is 0 Å². The van der Waals surface area contributed by atoms with Crippen LogP contribution in [-0.4, -0.2) is 48.1 Å². The molecule has 0 fully saturated rings. The molecule has 0 unspecified atom stereocenters. The van der Waals surface area contributed by atoms with Gasteiger partial charge in [-0.3, -0.25) is 9.89 Å². The highest BCUT2D eigenvalue weighted by Gasteiger charge is 2.12. The van der Waals surface area contributed by atoms with E-state index in [-0.39, 0.29) is 24.0 Å². The summed E-state index contributed by atoms with van der Waals surface area (Å²) in [5.41, 5.74) is 2.97. The first-order valence-corrected chi connectivity index (χ1v) is 8.42. The normalized spacial score (nSPS) is 12.0. The molecule has 5 nitrogen and oxygen atoms in total. The summed E-state index contributed by atoms with van der Waals surface area (Å²) in [4.78, 5) is 12.2. The van der Waals surface area contributed by atoms with Gasteiger partial charge in [0, 0.05) is 37.1 Å². The zero-order valence-corrected chi connectivity index (χ0v) is 17.7. The van der Waals surface area contributed by atoms with Crippen molar-refractivity contribution >= 4 is 41.3 Å². The van der Waals surface area contributed by atoms with Crippen molar-refractivity contribution in [2.45, 2.75) is 53.2 Å². The molecule has 0 saturated carbocycles. The highest BCUT2D eigenvalue weighted by Crippen LogP contribution is 2.10. The molecule has 0 aliphatic rings. The number of rotatable bonds is 7. The predicted octanol–water partition coefficient (Wildman–Crippen LogP) is 2.85. The van der Waals surface area contributed by atoms with E-state index in [1.165, 1.54) is 4.88 Å². The van der Waals surface area contributed by atoms with Gasteiger partial charge in [0.15, 0.2) is 5.96 Å². The van der Waals surface area contributed by atoms with Crippen molar-refractivity contribution < 1.29 is 0 Å². The molecule has 1 heterocycles. The van der Waals surface area contributed by atoms with Crippen LogP contribution < -0.4 is 10.6 Å². The van der Waals surface area contributed by atoms with E-state index in [4.69, 9.17) is 0 Å². The number of hydrogen-bond donors (Lipinski definition) is 2. The number of nitrogens with zero attached hydrogens (tertiary/aromatic N) is 3. The van der Waals surface area contributed by atoms with Gasteiger partial charge in [0.1, 0.15) is 0 Å². The number of hydrogen-bond acceptors (Lipinski definition) is 4. The number of aliphatic imine (C=N–C) groups is 1. The molecule has 0 aliphatic heterocycles. The molecule has 0 aromatic carbocycles. The van der Waals surface area contributed by atoms with Gasteiger partial charge in [-0.25, -0.2) is 4.98 Å². The number of guanidine groups is 1. The van der Waals surface area contributed by atoms with Crippen molar-refractivity contribution in [2.24, 2.45) is 4.99 Å². The first kappa shape index (κ1) is 21.6. The van der Waals surface area contributed by atoms with Gasteiger partial charge in [-0.15, -0.1) is 35.3 Å². The van der Waals surface area contributed by atoms with Crippen molar-refractivity contribution in [3.05, 3.63) is 16.1 Å². The summed E-state index contributed by atoms with van der Waals surface area (Å²) in [7, 11) is 1.80. The molecular weight excluding hydrogens is 409 g/mol. The topological polar surface area (TPSA) is 52.6 Å². The maximum Gasteiger partial charge on any atom is 0.191 e. The second kappa shape index (κ2) is 11.2. The predicted molar refractivity (Wildman–Crippen MR) is 107 cm³/mol. The first-order valence-electron chi connectivity index (χ1n) is 7.55. The highest BCUT2D eigenvalue weighted by molar-refractivity contribution is 14.0. The Balaban J connectivity index is 0.00000441. The van der Waals surface area contributed by atoms with Crippen LogP contribution in [0.4, 0.5) is 0 Å². The molecule has 2 N–H and O–H groups in total. The number of aryl methyl sites for hydroxylation is 1. The van der Waals surface area contributed by atoms with Gasteiger partial charge in [-0.2, -0.15) is 0 Å². The Kier molecular flexibility index (Phi) is 11.0. The standard InChI is InChI=1S/C15H29N5S.HI/c1-11(2)20(12(3)4)8-7-17-15(16-6)18-9-14-13(5)19-10-21-14;/h10-12H,7-9H2,1-6H3,(H2,16,17,18);1H. The highest BCUT2D eigenvalue weighted by atomic mass is 127. The molecule has 1 aromatic heterocycles. The molecule has 22 heavy (non-hydrogen) atoms. The van der Waals surface area contributed by atoms with Crippen molar-refractivity contribution in [3.8, 4) is 0 Å². The van der Waals surface area contributed by atoms with Gasteiger partial charge < -0.3 is 10.6 Å². The zero-order chi connectivity index (χ0) is 15.8. The number of thiazole rings is 1. The largest absolute Gasteiger partial charge is 0.355 e. The van der Waals surface area contributed by atoms with Crippen LogP contribution in [0.1, 0.15) is 38.3 Å². The van der Waals surface area contributed by atoms with E-state index < -0.39 is 0 Å². The number of halogens is 1. The Morgan fingerprint density at radius 1 is 1.27 bits per heavy atom. The minimum Gasteiger partial charge on any atom is -0.355 e. The Morgan fingerprint density at radius 2 is 1.91 bits per heavy atom. The maximum absolute atomic E-state index is 4.26. The molecule has 7 heteroatoms. The summed E-state index contributed by atoms with van der Waals surface area (Å²) in [6, 6.07) is 1.11. The summed E-state index contributed by atoms with van der Waals surface area (Å²) in [5, 5.41) is 6.71. The van der Waals surface area contributed by atoms with E-state index in [1.807, 2.05) is 12.4 Å². The molecule has 0 spiro atoms. The van der Waals surface area contributed by atoms with Crippen LogP contribution in [0.5, 0.6) is 0 Å². The molecule has 128 valence electrons. The molecular formula is C15H30IN5S. The third kappa shape index (κ3) is 7.23. The van der Waals surface area contributed by atoms with Gasteiger partial charge >= 0.3 is 0 Å². The van der Waals surface area contributed by atoms with E-state index in [9.17, 15) is 0 Å². The van der Waals surface area contributed by atoms with Crippen LogP contribution >= 0.6 is 35.3 Å². The van der Waals surface area contributed by atoms with Gasteiger partial charge in [0.25, 0.3) is 0 Å². The maximum atomic E-state index is 4.26. The second-order valence-corrected chi connectivity index (χ2v) is 6.58. The molecule has 0 bridgehead atoms. The molecule has 0 radical (unpaired) electrons. The lowest BCUT2D eigenvalue weighted by Crippen LogP contribution is -2.45. The van der Waals surface area contributed by atoms with Crippen molar-refractivity contribution in [2.75, 3.05) is 20.1 Å². The molecule has 1 aromatic rings. The number of nitrogens with one attached hydrogen (secondary N) is 2. The summed E-state index contributed by atoms with van der Waals surface area (Å²) < 4.78 is 0. The average Bonchev–Trinajstić information content (AvgIpc) is 2.82. The molecule has 0 aliphatic carbocycles. The quantitative estimate of drug-likeness (QED) is 0.390. The number of aromatic nitrogens is 1. The summed E-state index contributed by atoms with van der Waals surface area (Å²) >= 11 is 1.67. The van der Waals surface area contributed by atoms with Gasteiger partial charge in [0.2, 0.25) is 0 Å².